The molecule has 1 heterocycles. The Morgan fingerprint density at radius 1 is 1.04 bits per heavy atom. The average molecular weight is 347 g/mol. The lowest BCUT2D eigenvalue weighted by Gasteiger charge is -2.12. The van der Waals surface area contributed by atoms with Gasteiger partial charge in [0, 0.05) is 17.6 Å². The molecule has 5 heteroatoms. The molecule has 1 amide bonds. The van der Waals surface area contributed by atoms with Crippen molar-refractivity contribution in [1.29, 1.82) is 0 Å². The fourth-order valence-electron chi connectivity index (χ4n) is 2.54. The Kier molecular flexibility index (Phi) is 5.49. The number of pyridine rings is 1. The summed E-state index contributed by atoms with van der Waals surface area (Å²) in [5.41, 5.74) is 3.87. The number of para-hydroxylation sites is 3. The minimum atomic E-state index is -0.286. The van der Waals surface area contributed by atoms with E-state index < -0.39 is 0 Å². The summed E-state index contributed by atoms with van der Waals surface area (Å²) < 4.78 is 5.54. The highest BCUT2D eigenvalue weighted by Gasteiger charge is 2.11. The monoisotopic (exact) mass is 347 g/mol. The molecule has 132 valence electrons. The standard InChI is InChI=1S/C21H21N3O2/c1-3-26-20-11-7-6-10-18(20)24-21(25)19-14-16(12-13-22-19)23-17-9-5-4-8-15(17)2/h4-14H,3H2,1-2H3,(H,22,23)(H,24,25). The Balaban J connectivity index is 1.78. The zero-order chi connectivity index (χ0) is 18.4. The van der Waals surface area contributed by atoms with Crippen LogP contribution in [0.5, 0.6) is 5.75 Å². The molecule has 0 atom stereocenters. The van der Waals surface area contributed by atoms with Gasteiger partial charge in [0.15, 0.2) is 0 Å². The van der Waals surface area contributed by atoms with Crippen LogP contribution in [0.25, 0.3) is 0 Å². The van der Waals surface area contributed by atoms with Crippen molar-refractivity contribution in [2.45, 2.75) is 13.8 Å². The smallest absolute Gasteiger partial charge is 0.274 e. The largest absolute Gasteiger partial charge is 0.492 e. The molecule has 2 aromatic carbocycles. The van der Waals surface area contributed by atoms with Crippen LogP contribution in [0.15, 0.2) is 66.9 Å². The quantitative estimate of drug-likeness (QED) is 0.673. The molecule has 0 spiro atoms. The van der Waals surface area contributed by atoms with E-state index in [9.17, 15) is 4.79 Å². The van der Waals surface area contributed by atoms with Crippen LogP contribution in [0.1, 0.15) is 23.0 Å². The molecule has 0 unspecified atom stereocenters. The number of hydrogen-bond donors (Lipinski definition) is 2. The highest BCUT2D eigenvalue weighted by Crippen LogP contribution is 2.25. The molecule has 26 heavy (non-hydrogen) atoms. The van der Waals surface area contributed by atoms with E-state index in [2.05, 4.69) is 15.6 Å². The van der Waals surface area contributed by atoms with E-state index in [0.717, 1.165) is 16.9 Å². The van der Waals surface area contributed by atoms with Crippen molar-refractivity contribution in [3.05, 3.63) is 78.1 Å². The molecule has 5 nitrogen and oxygen atoms in total. The molecule has 2 N–H and O–H groups in total. The summed E-state index contributed by atoms with van der Waals surface area (Å²) >= 11 is 0. The highest BCUT2D eigenvalue weighted by atomic mass is 16.5. The van der Waals surface area contributed by atoms with Gasteiger partial charge in [0.05, 0.1) is 12.3 Å². The number of anilines is 3. The molecular formula is C21H21N3O2. The predicted molar refractivity (Wildman–Crippen MR) is 104 cm³/mol. The Morgan fingerprint density at radius 3 is 2.54 bits per heavy atom. The van der Waals surface area contributed by atoms with Gasteiger partial charge in [-0.05, 0) is 49.7 Å². The number of nitrogens with zero attached hydrogens (tertiary/aromatic N) is 1. The van der Waals surface area contributed by atoms with E-state index in [0.29, 0.717) is 23.7 Å². The Labute approximate surface area is 153 Å². The number of ether oxygens (including phenoxy) is 1. The number of aromatic nitrogens is 1. The molecule has 0 saturated heterocycles. The van der Waals surface area contributed by atoms with Crippen LogP contribution in [0.2, 0.25) is 0 Å². The van der Waals surface area contributed by atoms with Crippen molar-refractivity contribution in [3.63, 3.8) is 0 Å². The van der Waals surface area contributed by atoms with Crippen molar-refractivity contribution in [3.8, 4) is 5.75 Å². The van der Waals surface area contributed by atoms with Crippen LogP contribution < -0.4 is 15.4 Å². The SMILES string of the molecule is CCOc1ccccc1NC(=O)c1cc(Nc2ccccc2C)ccn1. The number of carbonyl (C=O) groups excluding carboxylic acids is 1. The van der Waals surface area contributed by atoms with Crippen LogP contribution in [-0.2, 0) is 0 Å². The maximum Gasteiger partial charge on any atom is 0.274 e. The fraction of sp³-hybridized carbons (Fsp3) is 0.143. The predicted octanol–water partition coefficient (Wildman–Crippen LogP) is 4.78. The minimum absolute atomic E-state index is 0.286. The molecule has 3 aromatic rings. The van der Waals surface area contributed by atoms with E-state index in [4.69, 9.17) is 4.74 Å². The van der Waals surface area contributed by atoms with Gasteiger partial charge in [0.25, 0.3) is 5.91 Å². The van der Waals surface area contributed by atoms with E-state index in [-0.39, 0.29) is 5.91 Å². The summed E-state index contributed by atoms with van der Waals surface area (Å²) in [7, 11) is 0. The van der Waals surface area contributed by atoms with E-state index in [1.165, 1.54) is 0 Å². The van der Waals surface area contributed by atoms with Gasteiger partial charge < -0.3 is 15.4 Å². The van der Waals surface area contributed by atoms with Crippen molar-refractivity contribution in [1.82, 2.24) is 4.98 Å². The third-order valence-corrected chi connectivity index (χ3v) is 3.85. The first-order valence-corrected chi connectivity index (χ1v) is 8.49. The minimum Gasteiger partial charge on any atom is -0.492 e. The van der Waals surface area contributed by atoms with Crippen LogP contribution in [0, 0.1) is 6.92 Å². The van der Waals surface area contributed by atoms with Crippen LogP contribution in [0.4, 0.5) is 17.1 Å². The van der Waals surface area contributed by atoms with E-state index in [1.54, 1.807) is 18.3 Å². The lowest BCUT2D eigenvalue weighted by Crippen LogP contribution is -2.14. The third-order valence-electron chi connectivity index (χ3n) is 3.85. The molecule has 0 aliphatic heterocycles. The Bertz CT molecular complexity index is 909. The van der Waals surface area contributed by atoms with Gasteiger partial charge in [-0.1, -0.05) is 30.3 Å². The molecule has 0 bridgehead atoms. The maximum atomic E-state index is 12.6. The van der Waals surface area contributed by atoms with E-state index >= 15 is 0 Å². The van der Waals surface area contributed by atoms with Gasteiger partial charge in [-0.25, -0.2) is 0 Å². The summed E-state index contributed by atoms with van der Waals surface area (Å²) in [4.78, 5) is 16.8. The number of carbonyl (C=O) groups is 1. The van der Waals surface area contributed by atoms with Gasteiger partial charge in [-0.15, -0.1) is 0 Å². The van der Waals surface area contributed by atoms with Crippen molar-refractivity contribution in [2.75, 3.05) is 17.2 Å². The summed E-state index contributed by atoms with van der Waals surface area (Å²) in [5.74, 6) is 0.350. The Morgan fingerprint density at radius 2 is 1.77 bits per heavy atom. The lowest BCUT2D eigenvalue weighted by molar-refractivity contribution is 0.102. The number of nitrogens with one attached hydrogen (secondary N) is 2. The Hall–Kier alpha value is -3.34. The number of hydrogen-bond acceptors (Lipinski definition) is 4. The molecule has 3 rings (SSSR count). The summed E-state index contributed by atoms with van der Waals surface area (Å²) in [5, 5.41) is 6.18. The number of aryl methyl sites for hydroxylation is 1. The second-order valence-electron chi connectivity index (χ2n) is 5.75. The summed E-state index contributed by atoms with van der Waals surface area (Å²) in [6.07, 6.45) is 1.62. The normalized spacial score (nSPS) is 10.2. The zero-order valence-corrected chi connectivity index (χ0v) is 14.8. The van der Waals surface area contributed by atoms with Crippen molar-refractivity contribution in [2.24, 2.45) is 0 Å². The first-order valence-electron chi connectivity index (χ1n) is 8.49. The first-order chi connectivity index (χ1) is 12.7. The molecular weight excluding hydrogens is 326 g/mol. The maximum absolute atomic E-state index is 12.6. The third kappa shape index (κ3) is 4.19. The van der Waals surface area contributed by atoms with E-state index in [1.807, 2.05) is 62.4 Å². The summed E-state index contributed by atoms with van der Waals surface area (Å²) in [6, 6.07) is 18.9. The second kappa shape index (κ2) is 8.16. The van der Waals surface area contributed by atoms with Gasteiger partial charge in [0.1, 0.15) is 11.4 Å². The molecule has 0 saturated carbocycles. The molecule has 0 radical (unpaired) electrons. The highest BCUT2D eigenvalue weighted by molar-refractivity contribution is 6.04. The fourth-order valence-corrected chi connectivity index (χ4v) is 2.54. The molecule has 0 fully saturated rings. The zero-order valence-electron chi connectivity index (χ0n) is 14.8. The molecule has 0 aliphatic rings. The van der Waals surface area contributed by atoms with Crippen LogP contribution in [0.3, 0.4) is 0 Å². The van der Waals surface area contributed by atoms with Crippen molar-refractivity contribution < 1.29 is 9.53 Å². The van der Waals surface area contributed by atoms with Gasteiger partial charge in [0.2, 0.25) is 0 Å². The summed E-state index contributed by atoms with van der Waals surface area (Å²) in [6.45, 7) is 4.46. The molecule has 0 aliphatic carbocycles. The topological polar surface area (TPSA) is 63.2 Å². The lowest BCUT2D eigenvalue weighted by atomic mass is 10.2. The number of benzene rings is 2. The molecule has 1 aromatic heterocycles. The van der Waals surface area contributed by atoms with Gasteiger partial charge in [-0.2, -0.15) is 0 Å². The number of amides is 1. The van der Waals surface area contributed by atoms with Crippen LogP contribution in [-0.4, -0.2) is 17.5 Å². The second-order valence-corrected chi connectivity index (χ2v) is 5.75. The average Bonchev–Trinajstić information content (AvgIpc) is 2.66. The van der Waals surface area contributed by atoms with Gasteiger partial charge >= 0.3 is 0 Å². The first kappa shape index (κ1) is 17.5. The van der Waals surface area contributed by atoms with Gasteiger partial charge in [-0.3, -0.25) is 9.78 Å². The number of rotatable bonds is 6. The van der Waals surface area contributed by atoms with Crippen LogP contribution >= 0.6 is 0 Å². The van der Waals surface area contributed by atoms with Crippen molar-refractivity contribution >= 4 is 23.0 Å².